The number of alkyl halides is 1. The Bertz CT molecular complexity index is 300. The fourth-order valence-electron chi connectivity index (χ4n) is 1.89. The molecule has 0 spiro atoms. The summed E-state index contributed by atoms with van der Waals surface area (Å²) in [6, 6.07) is 8.68. The zero-order valence-corrected chi connectivity index (χ0v) is 10.2. The van der Waals surface area contributed by atoms with E-state index in [-0.39, 0.29) is 10.8 Å². The molecule has 78 valence electrons. The Morgan fingerprint density at radius 1 is 1.36 bits per heavy atom. The normalized spacial score (nSPS) is 14.1. The van der Waals surface area contributed by atoms with E-state index in [1.807, 2.05) is 0 Å². The van der Waals surface area contributed by atoms with E-state index in [2.05, 4.69) is 52.0 Å². The summed E-state index contributed by atoms with van der Waals surface area (Å²) in [5.41, 5.74) is 2.87. The van der Waals surface area contributed by atoms with Gasteiger partial charge < -0.3 is 0 Å². The molecule has 0 amide bonds. The lowest BCUT2D eigenvalue weighted by Gasteiger charge is -2.26. The zero-order chi connectivity index (χ0) is 10.8. The van der Waals surface area contributed by atoms with Crippen molar-refractivity contribution in [3.63, 3.8) is 0 Å². The molecule has 0 saturated heterocycles. The summed E-state index contributed by atoms with van der Waals surface area (Å²) < 4.78 is 0. The summed E-state index contributed by atoms with van der Waals surface area (Å²) in [7, 11) is 0. The molecule has 0 N–H and O–H groups in total. The highest BCUT2D eigenvalue weighted by atomic mass is 35.5. The van der Waals surface area contributed by atoms with Crippen LogP contribution in [0.4, 0.5) is 0 Å². The molecule has 1 aromatic rings. The van der Waals surface area contributed by atoms with Crippen molar-refractivity contribution in [1.82, 2.24) is 0 Å². The Kier molecular flexibility index (Phi) is 3.60. The third-order valence-corrected chi connectivity index (χ3v) is 2.75. The fourth-order valence-corrected chi connectivity index (χ4v) is 2.27. The number of aryl methyl sites for hydroxylation is 1. The van der Waals surface area contributed by atoms with Crippen molar-refractivity contribution >= 4 is 11.6 Å². The van der Waals surface area contributed by atoms with Crippen molar-refractivity contribution in [3.8, 4) is 0 Å². The second kappa shape index (κ2) is 4.35. The van der Waals surface area contributed by atoms with Gasteiger partial charge in [-0.15, -0.1) is 11.6 Å². The SMILES string of the molecule is Cc1cccc(C(C)(C)CC(C)Cl)c1. The first kappa shape index (κ1) is 11.6. The highest BCUT2D eigenvalue weighted by Crippen LogP contribution is 2.30. The molecule has 1 rings (SSSR count). The molecule has 0 heterocycles. The molecule has 0 saturated carbocycles. The van der Waals surface area contributed by atoms with Crippen LogP contribution >= 0.6 is 11.6 Å². The van der Waals surface area contributed by atoms with Crippen LogP contribution in [0.3, 0.4) is 0 Å². The lowest BCUT2D eigenvalue weighted by molar-refractivity contribution is 0.476. The largest absolute Gasteiger partial charge is 0.123 e. The van der Waals surface area contributed by atoms with Gasteiger partial charge in [0, 0.05) is 5.38 Å². The van der Waals surface area contributed by atoms with Crippen molar-refractivity contribution in [2.45, 2.75) is 44.9 Å². The minimum absolute atomic E-state index is 0.174. The topological polar surface area (TPSA) is 0 Å². The molecular weight excluding hydrogens is 192 g/mol. The Morgan fingerprint density at radius 3 is 2.50 bits per heavy atom. The van der Waals surface area contributed by atoms with Gasteiger partial charge in [-0.2, -0.15) is 0 Å². The highest BCUT2D eigenvalue weighted by molar-refractivity contribution is 6.20. The van der Waals surface area contributed by atoms with Gasteiger partial charge in [0.1, 0.15) is 0 Å². The standard InChI is InChI=1S/C13H19Cl/c1-10-6-5-7-12(8-10)13(3,4)9-11(2)14/h5-8,11H,9H2,1-4H3. The third-order valence-electron chi connectivity index (χ3n) is 2.59. The smallest absolute Gasteiger partial charge is 0.0316 e. The Morgan fingerprint density at radius 2 is 2.00 bits per heavy atom. The van der Waals surface area contributed by atoms with Gasteiger partial charge in [-0.3, -0.25) is 0 Å². The van der Waals surface area contributed by atoms with Gasteiger partial charge in [0.05, 0.1) is 0 Å². The van der Waals surface area contributed by atoms with Gasteiger partial charge in [-0.05, 0) is 31.2 Å². The van der Waals surface area contributed by atoms with Gasteiger partial charge in [-0.25, -0.2) is 0 Å². The molecule has 1 heteroatoms. The molecule has 0 aliphatic heterocycles. The van der Waals surface area contributed by atoms with E-state index in [0.717, 1.165) is 6.42 Å². The van der Waals surface area contributed by atoms with Gasteiger partial charge in [0.15, 0.2) is 0 Å². The average molecular weight is 211 g/mol. The van der Waals surface area contributed by atoms with Gasteiger partial charge in [-0.1, -0.05) is 43.7 Å². The molecule has 0 aromatic heterocycles. The molecule has 14 heavy (non-hydrogen) atoms. The van der Waals surface area contributed by atoms with Crippen LogP contribution in [-0.4, -0.2) is 5.38 Å². The van der Waals surface area contributed by atoms with E-state index < -0.39 is 0 Å². The van der Waals surface area contributed by atoms with E-state index in [9.17, 15) is 0 Å². The number of rotatable bonds is 3. The number of benzene rings is 1. The van der Waals surface area contributed by atoms with Crippen molar-refractivity contribution in [1.29, 1.82) is 0 Å². The van der Waals surface area contributed by atoms with E-state index in [1.54, 1.807) is 0 Å². The molecule has 0 aliphatic rings. The Hall–Kier alpha value is -0.490. The van der Waals surface area contributed by atoms with E-state index >= 15 is 0 Å². The van der Waals surface area contributed by atoms with Gasteiger partial charge in [0.25, 0.3) is 0 Å². The minimum Gasteiger partial charge on any atom is -0.123 e. The van der Waals surface area contributed by atoms with Crippen LogP contribution in [0.1, 0.15) is 38.3 Å². The molecule has 0 aliphatic carbocycles. The highest BCUT2D eigenvalue weighted by Gasteiger charge is 2.22. The second-order valence-electron chi connectivity index (χ2n) is 4.74. The van der Waals surface area contributed by atoms with Crippen molar-refractivity contribution < 1.29 is 0 Å². The Labute approximate surface area is 92.3 Å². The zero-order valence-electron chi connectivity index (χ0n) is 9.47. The summed E-state index contributed by atoms with van der Waals surface area (Å²) in [6.45, 7) is 8.68. The first-order chi connectivity index (χ1) is 6.42. The van der Waals surface area contributed by atoms with Gasteiger partial charge >= 0.3 is 0 Å². The number of hydrogen-bond donors (Lipinski definition) is 0. The first-order valence-corrected chi connectivity index (χ1v) is 5.57. The van der Waals surface area contributed by atoms with E-state index in [4.69, 9.17) is 11.6 Å². The van der Waals surface area contributed by atoms with Crippen molar-refractivity contribution in [2.24, 2.45) is 0 Å². The molecule has 1 atom stereocenters. The molecule has 1 unspecified atom stereocenters. The van der Waals surface area contributed by atoms with Gasteiger partial charge in [0.2, 0.25) is 0 Å². The Balaban J connectivity index is 2.91. The van der Waals surface area contributed by atoms with Crippen LogP contribution in [-0.2, 0) is 5.41 Å². The van der Waals surface area contributed by atoms with Crippen molar-refractivity contribution in [3.05, 3.63) is 35.4 Å². The lowest BCUT2D eigenvalue weighted by atomic mass is 9.80. The number of hydrogen-bond acceptors (Lipinski definition) is 0. The van der Waals surface area contributed by atoms with Crippen LogP contribution in [0.2, 0.25) is 0 Å². The maximum Gasteiger partial charge on any atom is 0.0316 e. The molecule has 0 bridgehead atoms. The molecule has 0 radical (unpaired) electrons. The minimum atomic E-state index is 0.174. The summed E-state index contributed by atoms with van der Waals surface area (Å²) in [6.07, 6.45) is 1.01. The quantitative estimate of drug-likeness (QED) is 0.653. The second-order valence-corrected chi connectivity index (χ2v) is 5.48. The molecular formula is C13H19Cl. The summed E-state index contributed by atoms with van der Waals surface area (Å²) in [4.78, 5) is 0. The van der Waals surface area contributed by atoms with Crippen LogP contribution < -0.4 is 0 Å². The number of halogens is 1. The summed E-state index contributed by atoms with van der Waals surface area (Å²) in [5.74, 6) is 0. The van der Waals surface area contributed by atoms with Crippen LogP contribution in [0.15, 0.2) is 24.3 Å². The molecule has 0 fully saturated rings. The van der Waals surface area contributed by atoms with Crippen LogP contribution in [0, 0.1) is 6.92 Å². The van der Waals surface area contributed by atoms with Crippen molar-refractivity contribution in [2.75, 3.05) is 0 Å². The monoisotopic (exact) mass is 210 g/mol. The van der Waals surface area contributed by atoms with Crippen LogP contribution in [0.5, 0.6) is 0 Å². The van der Waals surface area contributed by atoms with E-state index in [0.29, 0.717) is 0 Å². The maximum atomic E-state index is 6.05. The first-order valence-electron chi connectivity index (χ1n) is 5.13. The summed E-state index contributed by atoms with van der Waals surface area (Å²) in [5, 5.41) is 0.227. The molecule has 0 nitrogen and oxygen atoms in total. The lowest BCUT2D eigenvalue weighted by Crippen LogP contribution is -2.20. The predicted molar refractivity (Wildman–Crippen MR) is 64.1 cm³/mol. The third kappa shape index (κ3) is 3.02. The van der Waals surface area contributed by atoms with E-state index in [1.165, 1.54) is 11.1 Å². The fraction of sp³-hybridized carbons (Fsp3) is 0.538. The maximum absolute atomic E-state index is 6.05. The average Bonchev–Trinajstić information content (AvgIpc) is 2.01. The van der Waals surface area contributed by atoms with Crippen LogP contribution in [0.25, 0.3) is 0 Å². The predicted octanol–water partition coefficient (Wildman–Crippen LogP) is 4.29. The summed E-state index contributed by atoms with van der Waals surface area (Å²) >= 11 is 6.05. The molecule has 1 aromatic carbocycles.